The largest absolute Gasteiger partial charge is 0.383 e. The van der Waals surface area contributed by atoms with Gasteiger partial charge < -0.3 is 19.7 Å². The maximum absolute atomic E-state index is 12.7. The summed E-state index contributed by atoms with van der Waals surface area (Å²) in [4.78, 5) is 14.8. The highest BCUT2D eigenvalue weighted by molar-refractivity contribution is 5.84. The third-order valence-corrected chi connectivity index (χ3v) is 4.53. The number of carbonyl (C=O) groups excluding carboxylic acids is 1. The van der Waals surface area contributed by atoms with Gasteiger partial charge in [-0.05, 0) is 31.1 Å². The molecule has 2 fully saturated rings. The second-order valence-electron chi connectivity index (χ2n) is 7.80. The van der Waals surface area contributed by atoms with Crippen LogP contribution in [0.2, 0.25) is 0 Å². The lowest BCUT2D eigenvalue weighted by molar-refractivity contribution is -0.133. The van der Waals surface area contributed by atoms with Gasteiger partial charge in [0.25, 0.3) is 0 Å². The molecule has 1 amide bonds. The van der Waals surface area contributed by atoms with Crippen molar-refractivity contribution < 1.29 is 14.3 Å². The molecule has 2 aliphatic heterocycles. The maximum atomic E-state index is 12.7. The molecule has 2 unspecified atom stereocenters. The Balaban J connectivity index is 1.90. The molecule has 5 nitrogen and oxygen atoms in total. The number of methoxy groups -OCH3 is 1. The van der Waals surface area contributed by atoms with Crippen LogP contribution in [0.1, 0.15) is 46.5 Å². The van der Waals surface area contributed by atoms with E-state index in [4.69, 9.17) is 9.47 Å². The molecule has 128 valence electrons. The highest BCUT2D eigenvalue weighted by atomic mass is 16.5. The molecule has 0 aromatic heterocycles. The van der Waals surface area contributed by atoms with Crippen LogP contribution in [0.15, 0.2) is 0 Å². The molecular weight excluding hydrogens is 280 g/mol. The number of likely N-dealkylation sites (tertiary alicyclic amines) is 1. The van der Waals surface area contributed by atoms with E-state index in [0.29, 0.717) is 12.6 Å². The average Bonchev–Trinajstić information content (AvgIpc) is 2.80. The van der Waals surface area contributed by atoms with Crippen LogP contribution in [0.4, 0.5) is 0 Å². The van der Waals surface area contributed by atoms with Crippen LogP contribution in [-0.4, -0.2) is 62.4 Å². The Hall–Kier alpha value is -0.650. The van der Waals surface area contributed by atoms with Crippen LogP contribution in [0.3, 0.4) is 0 Å². The number of amides is 1. The minimum absolute atomic E-state index is 0.0506. The highest BCUT2D eigenvalue weighted by Crippen LogP contribution is 2.24. The molecule has 2 rings (SSSR count). The quantitative estimate of drug-likeness (QED) is 0.813. The van der Waals surface area contributed by atoms with Crippen LogP contribution in [-0.2, 0) is 14.3 Å². The average molecular weight is 312 g/mol. The highest BCUT2D eigenvalue weighted by Gasteiger charge is 2.37. The lowest BCUT2D eigenvalue weighted by atomic mass is 9.88. The first-order valence-corrected chi connectivity index (χ1v) is 8.54. The van der Waals surface area contributed by atoms with Gasteiger partial charge in [-0.25, -0.2) is 0 Å². The number of carbonyl (C=O) groups is 1. The van der Waals surface area contributed by atoms with Gasteiger partial charge in [0.2, 0.25) is 5.91 Å². The molecular formula is C17H32N2O3. The smallest absolute Gasteiger partial charge is 0.240 e. The summed E-state index contributed by atoms with van der Waals surface area (Å²) in [7, 11) is 1.72. The molecule has 2 aliphatic rings. The molecule has 0 saturated carbocycles. The number of ether oxygens (including phenoxy) is 2. The molecule has 0 aliphatic carbocycles. The van der Waals surface area contributed by atoms with E-state index in [2.05, 4.69) is 31.0 Å². The van der Waals surface area contributed by atoms with Gasteiger partial charge in [0.1, 0.15) is 0 Å². The Kier molecular flexibility index (Phi) is 6.24. The third kappa shape index (κ3) is 4.93. The maximum Gasteiger partial charge on any atom is 0.240 e. The fourth-order valence-corrected chi connectivity index (χ4v) is 3.61. The standard InChI is InChI=1S/C17H32N2O3/c1-17(2,3)11-13(12-21-4)18-15-5-8-19(16(15)20)14-6-9-22-10-7-14/h13-15,18H,5-12H2,1-4H3. The number of rotatable bonds is 6. The van der Waals surface area contributed by atoms with Crippen molar-refractivity contribution in [3.05, 3.63) is 0 Å². The van der Waals surface area contributed by atoms with E-state index in [0.717, 1.165) is 45.4 Å². The summed E-state index contributed by atoms with van der Waals surface area (Å²) in [6.45, 7) is 9.76. The first-order valence-electron chi connectivity index (χ1n) is 8.54. The first-order chi connectivity index (χ1) is 10.4. The summed E-state index contributed by atoms with van der Waals surface area (Å²) in [5.74, 6) is 0.266. The number of hydrogen-bond acceptors (Lipinski definition) is 4. The molecule has 0 aromatic rings. The van der Waals surface area contributed by atoms with Gasteiger partial charge in [0.15, 0.2) is 0 Å². The van der Waals surface area contributed by atoms with Crippen molar-refractivity contribution in [3.8, 4) is 0 Å². The van der Waals surface area contributed by atoms with E-state index in [-0.39, 0.29) is 23.4 Å². The van der Waals surface area contributed by atoms with E-state index in [1.165, 1.54) is 0 Å². The van der Waals surface area contributed by atoms with Crippen LogP contribution in [0.5, 0.6) is 0 Å². The van der Waals surface area contributed by atoms with Crippen LogP contribution >= 0.6 is 0 Å². The van der Waals surface area contributed by atoms with Gasteiger partial charge >= 0.3 is 0 Å². The second-order valence-corrected chi connectivity index (χ2v) is 7.80. The van der Waals surface area contributed by atoms with Gasteiger partial charge in [0.05, 0.1) is 12.6 Å². The fraction of sp³-hybridized carbons (Fsp3) is 0.941. The Morgan fingerprint density at radius 2 is 2.00 bits per heavy atom. The summed E-state index contributed by atoms with van der Waals surface area (Å²) in [5.41, 5.74) is 0.220. The Morgan fingerprint density at radius 1 is 1.32 bits per heavy atom. The van der Waals surface area contributed by atoms with Gasteiger partial charge in [-0.15, -0.1) is 0 Å². The molecule has 0 aromatic carbocycles. The lowest BCUT2D eigenvalue weighted by Gasteiger charge is -2.32. The fourth-order valence-electron chi connectivity index (χ4n) is 3.61. The van der Waals surface area contributed by atoms with Crippen molar-refractivity contribution >= 4 is 5.91 Å². The van der Waals surface area contributed by atoms with E-state index in [1.807, 2.05) is 0 Å². The molecule has 0 spiro atoms. The Bertz CT molecular complexity index is 361. The summed E-state index contributed by atoms with van der Waals surface area (Å²) >= 11 is 0. The van der Waals surface area contributed by atoms with Gasteiger partial charge in [0, 0.05) is 39.0 Å². The van der Waals surface area contributed by atoms with Crippen LogP contribution in [0, 0.1) is 5.41 Å². The van der Waals surface area contributed by atoms with Crippen molar-refractivity contribution in [3.63, 3.8) is 0 Å². The van der Waals surface area contributed by atoms with Crippen molar-refractivity contribution in [2.75, 3.05) is 33.5 Å². The molecule has 22 heavy (non-hydrogen) atoms. The topological polar surface area (TPSA) is 50.8 Å². The zero-order valence-corrected chi connectivity index (χ0v) is 14.6. The van der Waals surface area contributed by atoms with E-state index >= 15 is 0 Å². The van der Waals surface area contributed by atoms with Crippen molar-refractivity contribution in [2.45, 2.75) is 64.6 Å². The normalized spacial score (nSPS) is 25.7. The summed E-state index contributed by atoms with van der Waals surface area (Å²) in [6, 6.07) is 0.551. The molecule has 0 bridgehead atoms. The van der Waals surface area contributed by atoms with Crippen LogP contribution < -0.4 is 5.32 Å². The lowest BCUT2D eigenvalue weighted by Crippen LogP contribution is -2.49. The van der Waals surface area contributed by atoms with Gasteiger partial charge in [-0.3, -0.25) is 4.79 Å². The van der Waals surface area contributed by atoms with E-state index in [1.54, 1.807) is 7.11 Å². The summed E-state index contributed by atoms with van der Waals surface area (Å²) in [5, 5.41) is 3.54. The number of nitrogens with one attached hydrogen (secondary N) is 1. The number of hydrogen-bond donors (Lipinski definition) is 1. The first kappa shape index (κ1) is 17.7. The van der Waals surface area contributed by atoms with Crippen molar-refractivity contribution in [1.29, 1.82) is 0 Å². The molecule has 0 radical (unpaired) electrons. The van der Waals surface area contributed by atoms with Crippen molar-refractivity contribution in [1.82, 2.24) is 10.2 Å². The summed E-state index contributed by atoms with van der Waals surface area (Å²) in [6.07, 6.45) is 3.85. The molecule has 1 N–H and O–H groups in total. The zero-order chi connectivity index (χ0) is 16.2. The molecule has 2 atom stereocenters. The molecule has 5 heteroatoms. The third-order valence-electron chi connectivity index (χ3n) is 4.53. The van der Waals surface area contributed by atoms with E-state index < -0.39 is 0 Å². The monoisotopic (exact) mass is 312 g/mol. The molecule has 2 saturated heterocycles. The SMILES string of the molecule is COCC(CC(C)(C)C)NC1CCN(C2CCOCC2)C1=O. The summed E-state index contributed by atoms with van der Waals surface area (Å²) < 4.78 is 10.7. The Morgan fingerprint density at radius 3 is 2.59 bits per heavy atom. The van der Waals surface area contributed by atoms with Gasteiger partial charge in [-0.2, -0.15) is 0 Å². The predicted molar refractivity (Wildman–Crippen MR) is 86.8 cm³/mol. The van der Waals surface area contributed by atoms with Gasteiger partial charge in [-0.1, -0.05) is 20.8 Å². The minimum atomic E-state index is -0.0506. The second kappa shape index (κ2) is 7.75. The number of nitrogens with zero attached hydrogens (tertiary/aromatic N) is 1. The minimum Gasteiger partial charge on any atom is -0.383 e. The molecule has 2 heterocycles. The zero-order valence-electron chi connectivity index (χ0n) is 14.6. The van der Waals surface area contributed by atoms with Crippen molar-refractivity contribution in [2.24, 2.45) is 5.41 Å². The predicted octanol–water partition coefficient (Wildman–Crippen LogP) is 1.81. The van der Waals surface area contributed by atoms with E-state index in [9.17, 15) is 4.79 Å². The van der Waals surface area contributed by atoms with Crippen LogP contribution in [0.25, 0.3) is 0 Å². The Labute approximate surface area is 134 Å².